The number of hydrogen-bond acceptors (Lipinski definition) is 3. The van der Waals surface area contributed by atoms with E-state index in [2.05, 4.69) is 16.6 Å². The van der Waals surface area contributed by atoms with Crippen molar-refractivity contribution in [2.24, 2.45) is 5.92 Å². The number of hydrogen-bond donors (Lipinski definition) is 0. The monoisotopic (exact) mass is 395 g/mol. The molecule has 1 aliphatic heterocycles. The molecule has 0 aliphatic carbocycles. The minimum absolute atomic E-state index is 0. The largest absolute Gasteiger partial charge is 0.573 e. The summed E-state index contributed by atoms with van der Waals surface area (Å²) in [4.78, 5) is 2.55. The number of ether oxygens (including phenoxy) is 2. The zero-order chi connectivity index (χ0) is 18.1. The Labute approximate surface area is 160 Å². The van der Waals surface area contributed by atoms with Crippen molar-refractivity contribution in [1.29, 1.82) is 0 Å². The Balaban J connectivity index is 0.00000338. The van der Waals surface area contributed by atoms with Crippen LogP contribution in [0.25, 0.3) is 0 Å². The van der Waals surface area contributed by atoms with Gasteiger partial charge in [0.15, 0.2) is 0 Å². The summed E-state index contributed by atoms with van der Waals surface area (Å²) in [6.45, 7) is 6.36. The van der Waals surface area contributed by atoms with Crippen LogP contribution < -0.4 is 9.47 Å². The highest BCUT2D eigenvalue weighted by molar-refractivity contribution is 5.85. The van der Waals surface area contributed by atoms with Crippen LogP contribution in [0.4, 0.5) is 13.2 Å². The smallest absolute Gasteiger partial charge is 0.494 e. The van der Waals surface area contributed by atoms with E-state index in [-0.39, 0.29) is 18.2 Å². The number of nitrogens with zero attached hydrogens (tertiary/aromatic N) is 1. The van der Waals surface area contributed by atoms with Crippen molar-refractivity contribution in [3.8, 4) is 11.5 Å². The number of piperidine rings is 1. The molecule has 0 spiro atoms. The van der Waals surface area contributed by atoms with Crippen molar-refractivity contribution in [3.05, 3.63) is 24.3 Å². The summed E-state index contributed by atoms with van der Waals surface area (Å²) in [6, 6.07) is 5.57. The van der Waals surface area contributed by atoms with Crippen molar-refractivity contribution >= 4 is 12.4 Å². The maximum atomic E-state index is 12.1. The van der Waals surface area contributed by atoms with Crippen molar-refractivity contribution in [2.45, 2.75) is 51.8 Å². The molecule has 0 bridgehead atoms. The van der Waals surface area contributed by atoms with E-state index in [1.807, 2.05) is 0 Å². The molecular formula is C19H29ClF3NO2. The number of alkyl halides is 3. The number of halogens is 4. The van der Waals surface area contributed by atoms with Gasteiger partial charge in [0, 0.05) is 0 Å². The first-order valence-electron chi connectivity index (χ1n) is 9.17. The van der Waals surface area contributed by atoms with E-state index in [4.69, 9.17) is 4.74 Å². The van der Waals surface area contributed by atoms with Gasteiger partial charge < -0.3 is 14.4 Å². The summed E-state index contributed by atoms with van der Waals surface area (Å²) in [5, 5.41) is 0. The lowest BCUT2D eigenvalue weighted by Gasteiger charge is -2.31. The van der Waals surface area contributed by atoms with Crippen molar-refractivity contribution in [1.82, 2.24) is 4.90 Å². The first-order chi connectivity index (χ1) is 12.0. The molecule has 0 saturated carbocycles. The second-order valence-corrected chi connectivity index (χ2v) is 6.65. The number of benzene rings is 1. The lowest BCUT2D eigenvalue weighted by Crippen LogP contribution is -2.34. The lowest BCUT2D eigenvalue weighted by atomic mass is 9.94. The van der Waals surface area contributed by atoms with Gasteiger partial charge in [-0.2, -0.15) is 0 Å². The van der Waals surface area contributed by atoms with E-state index in [0.717, 1.165) is 19.5 Å². The average Bonchev–Trinajstić information content (AvgIpc) is 2.57. The van der Waals surface area contributed by atoms with Gasteiger partial charge in [0.05, 0.1) is 6.61 Å². The molecule has 26 heavy (non-hydrogen) atoms. The predicted molar refractivity (Wildman–Crippen MR) is 99.2 cm³/mol. The zero-order valence-corrected chi connectivity index (χ0v) is 16.1. The quantitative estimate of drug-likeness (QED) is 0.502. The van der Waals surface area contributed by atoms with Gasteiger partial charge in [-0.15, -0.1) is 25.6 Å². The van der Waals surface area contributed by atoms with Crippen LogP contribution in [0.2, 0.25) is 0 Å². The van der Waals surface area contributed by atoms with Crippen molar-refractivity contribution < 1.29 is 22.6 Å². The summed E-state index contributed by atoms with van der Waals surface area (Å²) >= 11 is 0. The van der Waals surface area contributed by atoms with Gasteiger partial charge in [0.25, 0.3) is 0 Å². The van der Waals surface area contributed by atoms with Gasteiger partial charge in [0.2, 0.25) is 0 Å². The first-order valence-corrected chi connectivity index (χ1v) is 9.17. The van der Waals surface area contributed by atoms with Crippen LogP contribution in [-0.2, 0) is 0 Å². The molecule has 1 aliphatic rings. The molecule has 0 aromatic heterocycles. The van der Waals surface area contributed by atoms with E-state index >= 15 is 0 Å². The third kappa shape index (κ3) is 8.99. The van der Waals surface area contributed by atoms with Gasteiger partial charge in [-0.25, -0.2) is 0 Å². The molecule has 0 N–H and O–H groups in total. The van der Waals surface area contributed by atoms with Crippen LogP contribution in [0.15, 0.2) is 24.3 Å². The van der Waals surface area contributed by atoms with Gasteiger partial charge in [0.1, 0.15) is 11.5 Å². The molecule has 1 fully saturated rings. The molecule has 2 rings (SSSR count). The maximum absolute atomic E-state index is 12.1. The third-order valence-electron chi connectivity index (χ3n) is 4.64. The minimum atomic E-state index is -4.66. The molecule has 0 amide bonds. The fourth-order valence-corrected chi connectivity index (χ4v) is 3.17. The van der Waals surface area contributed by atoms with E-state index in [9.17, 15) is 13.2 Å². The molecule has 150 valence electrons. The first kappa shape index (κ1) is 22.9. The third-order valence-corrected chi connectivity index (χ3v) is 4.64. The molecule has 1 saturated heterocycles. The van der Waals surface area contributed by atoms with E-state index in [0.29, 0.717) is 18.3 Å². The Hall–Kier alpha value is -1.14. The molecule has 1 heterocycles. The number of unbranched alkanes of at least 4 members (excludes halogenated alkanes) is 2. The number of likely N-dealkylation sites (tertiary alicyclic amines) is 1. The second-order valence-electron chi connectivity index (χ2n) is 6.65. The molecule has 0 unspecified atom stereocenters. The molecular weight excluding hydrogens is 367 g/mol. The molecule has 0 atom stereocenters. The normalized spacial score (nSPS) is 16.2. The topological polar surface area (TPSA) is 21.7 Å². The lowest BCUT2D eigenvalue weighted by molar-refractivity contribution is -0.274. The number of rotatable bonds is 9. The molecule has 3 nitrogen and oxygen atoms in total. The summed E-state index contributed by atoms with van der Waals surface area (Å²) in [7, 11) is 0. The van der Waals surface area contributed by atoms with Crippen LogP contribution >= 0.6 is 12.4 Å². The highest BCUT2D eigenvalue weighted by Gasteiger charge is 2.31. The minimum Gasteiger partial charge on any atom is -0.494 e. The van der Waals surface area contributed by atoms with E-state index in [1.165, 1.54) is 62.9 Å². The maximum Gasteiger partial charge on any atom is 0.573 e. The van der Waals surface area contributed by atoms with E-state index < -0.39 is 6.36 Å². The molecule has 7 heteroatoms. The Morgan fingerprint density at radius 1 is 1.04 bits per heavy atom. The Bertz CT molecular complexity index is 489. The molecule has 0 radical (unpaired) electrons. The Kier molecular flexibility index (Phi) is 10.2. The van der Waals surface area contributed by atoms with Crippen LogP contribution in [0, 0.1) is 5.92 Å². The summed E-state index contributed by atoms with van der Waals surface area (Å²) in [5.41, 5.74) is 0. The van der Waals surface area contributed by atoms with Gasteiger partial charge >= 0.3 is 6.36 Å². The van der Waals surface area contributed by atoms with Gasteiger partial charge in [-0.1, -0.05) is 19.8 Å². The zero-order valence-electron chi connectivity index (χ0n) is 15.3. The SMILES string of the molecule is CCCCCN1CCC(CCOc2ccc(OC(F)(F)F)cc2)CC1.Cl. The van der Waals surface area contributed by atoms with Gasteiger partial charge in [-0.05, 0) is 75.5 Å². The fourth-order valence-electron chi connectivity index (χ4n) is 3.17. The second kappa shape index (κ2) is 11.5. The summed E-state index contributed by atoms with van der Waals surface area (Å²) < 4.78 is 45.8. The van der Waals surface area contributed by atoms with Crippen LogP contribution in [0.1, 0.15) is 45.4 Å². The van der Waals surface area contributed by atoms with Crippen LogP contribution in [0.5, 0.6) is 11.5 Å². The molecule has 1 aromatic rings. The summed E-state index contributed by atoms with van der Waals surface area (Å²) in [5.74, 6) is 1.03. The van der Waals surface area contributed by atoms with Crippen LogP contribution in [-0.4, -0.2) is 37.5 Å². The standard InChI is InChI=1S/C19H28F3NO2.ClH/c1-2-3-4-12-23-13-9-16(10-14-23)11-15-24-17-5-7-18(8-6-17)25-19(20,21)22;/h5-8,16H,2-4,9-15H2,1H3;1H. The van der Waals surface area contributed by atoms with Gasteiger partial charge in [-0.3, -0.25) is 0 Å². The van der Waals surface area contributed by atoms with Crippen molar-refractivity contribution in [2.75, 3.05) is 26.2 Å². The predicted octanol–water partition coefficient (Wildman–Crippen LogP) is 5.68. The molecule has 1 aromatic carbocycles. The van der Waals surface area contributed by atoms with E-state index in [1.54, 1.807) is 0 Å². The Morgan fingerprint density at radius 3 is 2.23 bits per heavy atom. The average molecular weight is 396 g/mol. The highest BCUT2D eigenvalue weighted by atomic mass is 35.5. The van der Waals surface area contributed by atoms with Crippen LogP contribution in [0.3, 0.4) is 0 Å². The van der Waals surface area contributed by atoms with Crippen molar-refractivity contribution in [3.63, 3.8) is 0 Å². The fraction of sp³-hybridized carbons (Fsp3) is 0.684. The highest BCUT2D eigenvalue weighted by Crippen LogP contribution is 2.25. The summed E-state index contributed by atoms with van der Waals surface area (Å²) in [6.07, 6.45) is 2.59. The Morgan fingerprint density at radius 2 is 1.65 bits per heavy atom.